The van der Waals surface area contributed by atoms with Crippen LogP contribution in [0.3, 0.4) is 0 Å². The maximum absolute atomic E-state index is 14.6. The molecule has 0 heterocycles. The second-order valence-electron chi connectivity index (χ2n) is 32.9. The molecule has 0 fully saturated rings. The summed E-state index contributed by atoms with van der Waals surface area (Å²) in [5.74, 6) is -2.51. The molecule has 18 rings (SSSR count). The molecule has 682 valence electrons. The predicted octanol–water partition coefficient (Wildman–Crippen LogP) is 26.8. The normalized spacial score (nSPS) is 10.7. The van der Waals surface area contributed by atoms with Gasteiger partial charge < -0.3 is 10.0 Å². The van der Waals surface area contributed by atoms with Crippen molar-refractivity contribution in [1.29, 1.82) is 0 Å². The third-order valence-electron chi connectivity index (χ3n) is 21.9. The van der Waals surface area contributed by atoms with Crippen LogP contribution in [-0.4, -0.2) is 25.2 Å². The third kappa shape index (κ3) is 33.0. The van der Waals surface area contributed by atoms with Crippen molar-refractivity contribution in [3.8, 4) is 33.4 Å². The van der Waals surface area contributed by atoms with Crippen LogP contribution in [-0.2, 0) is 33.3 Å². The standard InChI is InChI=1S/C26H30F2Si.4C18H15P.C17H19Br.C6H5BF2O2.Pd/c1-5-6-7-8-19-9-11-20(12-10-19)21-13-15-22(16-14-21)23-17-24(27)26(25(28)18-23)29(2,3)4;4*1-4-10-16(11-5-1)19(17-12-6-2-7-13-17)18-14-8-3-9-15-18;1-2-3-4-5-14-6-8-15(9-7-14)16-10-12-17(18)13-11-16;8-5-1-4(7(10)11)2-6(9)3-5;/h9-18H,5-8H2,1-4H3;4*1-15H;6-13H,2-5H2,1H3;1-3,10-11H;. The van der Waals surface area contributed by atoms with Gasteiger partial charge in [0.15, 0.2) is 0 Å². The minimum atomic E-state index is -2.07. The monoisotopic (exact) mass is 2020 g/mol. The van der Waals surface area contributed by atoms with E-state index in [0.29, 0.717) is 11.6 Å². The molecular weight excluding hydrogens is 1910 g/mol. The quantitative estimate of drug-likeness (QED) is 0.0259. The number of hydrogen-bond acceptors (Lipinski definition) is 2. The summed E-state index contributed by atoms with van der Waals surface area (Å²) in [6, 6.07) is 169. The summed E-state index contributed by atoms with van der Waals surface area (Å²) in [6.45, 7) is 10.3. The summed E-state index contributed by atoms with van der Waals surface area (Å²) in [7, 11) is -5.68. The number of aryl methyl sites for hydroxylation is 2. The molecule has 0 bridgehead atoms. The first-order chi connectivity index (χ1) is 65.5. The van der Waals surface area contributed by atoms with Gasteiger partial charge >= 0.3 is 7.12 Å². The molecule has 135 heavy (non-hydrogen) atoms. The van der Waals surface area contributed by atoms with Crippen LogP contribution in [0.4, 0.5) is 17.6 Å². The van der Waals surface area contributed by atoms with E-state index >= 15 is 0 Å². The fourth-order valence-corrected chi connectivity index (χ4v) is 26.3. The van der Waals surface area contributed by atoms with Crippen molar-refractivity contribution in [1.82, 2.24) is 0 Å². The SMILES string of the molecule is CCCCCc1ccc(-c2ccc(-c3cc(F)c([Si](C)(C)C)c(F)c3)cc2)cc1.CCCCCc1ccc(-c2ccc(Br)cc2)cc1.OB(O)c1cc(F)cc(F)c1.[Pd].c1ccc(P(c2ccccc2)c2ccccc2)cc1.c1ccc(P(c2ccccc2)c2ccccc2)cc1.c1ccc(P(c2ccccc2)c2ccccc2)cc1.c1ccc(P(c2ccccc2)c2ccccc2)cc1. The van der Waals surface area contributed by atoms with E-state index in [4.69, 9.17) is 10.0 Å². The fraction of sp³-hybridized carbons (Fsp3) is 0.107. The molecule has 0 saturated carbocycles. The average Bonchev–Trinajstić information content (AvgIpc) is 0.778. The second kappa shape index (κ2) is 56.3. The molecule has 0 atom stereocenters. The molecule has 0 saturated heterocycles. The van der Waals surface area contributed by atoms with E-state index in [-0.39, 0.29) is 31.1 Å². The molecule has 0 unspecified atom stereocenters. The van der Waals surface area contributed by atoms with E-state index in [1.807, 2.05) is 43.9 Å². The van der Waals surface area contributed by atoms with Gasteiger partial charge in [-0.3, -0.25) is 0 Å². The molecular formula is C121H114BBrF4O2P4PdSi. The van der Waals surface area contributed by atoms with Crippen LogP contribution in [0, 0.1) is 23.3 Å². The molecule has 2 nitrogen and oxygen atoms in total. The van der Waals surface area contributed by atoms with E-state index in [1.165, 1.54) is 143 Å². The summed E-state index contributed by atoms with van der Waals surface area (Å²) in [4.78, 5) is 0. The van der Waals surface area contributed by atoms with E-state index in [0.717, 1.165) is 39.7 Å². The first-order valence-corrected chi connectivity index (χ1v) is 55.3. The van der Waals surface area contributed by atoms with Gasteiger partial charge in [0.2, 0.25) is 0 Å². The number of hydrogen-bond donors (Lipinski definition) is 2. The number of unbranched alkanes of at least 4 members (excludes halogenated alkanes) is 4. The first-order valence-electron chi connectivity index (χ1n) is 45.7. The molecule has 0 aromatic heterocycles. The van der Waals surface area contributed by atoms with Crippen LogP contribution in [0.15, 0.2) is 496 Å². The van der Waals surface area contributed by atoms with Gasteiger partial charge in [0, 0.05) is 36.1 Å². The summed E-state index contributed by atoms with van der Waals surface area (Å²) in [5.41, 5.74) is 8.86. The van der Waals surface area contributed by atoms with Crippen molar-refractivity contribution in [3.05, 3.63) is 530 Å². The molecule has 0 aliphatic rings. The van der Waals surface area contributed by atoms with Crippen LogP contribution in [0.1, 0.15) is 63.5 Å². The van der Waals surface area contributed by atoms with Crippen molar-refractivity contribution < 1.29 is 48.0 Å². The predicted molar refractivity (Wildman–Crippen MR) is 583 cm³/mol. The molecule has 18 aromatic carbocycles. The zero-order valence-corrected chi connectivity index (χ0v) is 84.6. The molecule has 0 radical (unpaired) electrons. The Hall–Kier alpha value is -11.3. The molecule has 2 N–H and O–H groups in total. The van der Waals surface area contributed by atoms with Crippen LogP contribution in [0.25, 0.3) is 33.4 Å². The van der Waals surface area contributed by atoms with Crippen molar-refractivity contribution in [2.75, 3.05) is 0 Å². The molecule has 18 aromatic rings. The van der Waals surface area contributed by atoms with Crippen LogP contribution >= 0.6 is 47.6 Å². The minimum absolute atomic E-state index is 0. The van der Waals surface area contributed by atoms with Gasteiger partial charge in [0.1, 0.15) is 23.3 Å². The van der Waals surface area contributed by atoms with Gasteiger partial charge in [-0.2, -0.15) is 0 Å². The van der Waals surface area contributed by atoms with Crippen molar-refractivity contribution in [2.24, 2.45) is 0 Å². The second-order valence-corrected chi connectivity index (χ2v) is 47.7. The van der Waals surface area contributed by atoms with Gasteiger partial charge in [0.25, 0.3) is 0 Å². The van der Waals surface area contributed by atoms with Gasteiger partial charge in [0.05, 0.1) is 8.07 Å². The Labute approximate surface area is 826 Å². The van der Waals surface area contributed by atoms with Gasteiger partial charge in [-0.1, -0.05) is 524 Å². The average molecular weight is 2030 g/mol. The zero-order chi connectivity index (χ0) is 93.9. The van der Waals surface area contributed by atoms with Crippen molar-refractivity contribution in [2.45, 2.75) is 84.9 Å². The van der Waals surface area contributed by atoms with Gasteiger partial charge in [-0.25, -0.2) is 17.6 Å². The Kier molecular flexibility index (Phi) is 43.5. The van der Waals surface area contributed by atoms with Crippen molar-refractivity contribution >= 4 is 137 Å². The Bertz CT molecular complexity index is 5470. The number of benzene rings is 18. The van der Waals surface area contributed by atoms with Gasteiger partial charge in [-0.05, 0) is 207 Å². The van der Waals surface area contributed by atoms with Crippen molar-refractivity contribution in [3.63, 3.8) is 0 Å². The Balaban J connectivity index is 0.000000153. The van der Waals surface area contributed by atoms with Crippen LogP contribution in [0.5, 0.6) is 0 Å². The van der Waals surface area contributed by atoms with E-state index < -0.39 is 70.1 Å². The molecule has 0 aliphatic heterocycles. The number of halogens is 5. The summed E-state index contributed by atoms with van der Waals surface area (Å²) in [6.07, 6.45) is 9.97. The third-order valence-corrected chi connectivity index (χ3v) is 34.2. The van der Waals surface area contributed by atoms with E-state index in [2.05, 4.69) is 467 Å². The minimum Gasteiger partial charge on any atom is -0.423 e. The molecule has 0 amide bonds. The maximum atomic E-state index is 14.6. The van der Waals surface area contributed by atoms with Gasteiger partial charge in [-0.15, -0.1) is 0 Å². The first kappa shape index (κ1) is 104. The van der Waals surface area contributed by atoms with E-state index in [1.54, 1.807) is 0 Å². The smallest absolute Gasteiger partial charge is 0.423 e. The van der Waals surface area contributed by atoms with E-state index in [9.17, 15) is 17.6 Å². The summed E-state index contributed by atoms with van der Waals surface area (Å²) in [5, 5.41) is 34.0. The number of rotatable bonds is 25. The molecule has 0 aliphatic carbocycles. The Morgan fingerprint density at radius 2 is 0.430 bits per heavy atom. The summed E-state index contributed by atoms with van der Waals surface area (Å²) < 4.78 is 54.9. The fourth-order valence-electron chi connectivity index (χ4n) is 15.3. The van der Waals surface area contributed by atoms with Crippen LogP contribution in [0.2, 0.25) is 19.6 Å². The maximum Gasteiger partial charge on any atom is 0.488 e. The molecule has 0 spiro atoms. The molecule has 14 heteroatoms. The van der Waals surface area contributed by atoms with Crippen LogP contribution < -0.4 is 74.3 Å². The Morgan fingerprint density at radius 1 is 0.244 bits per heavy atom. The Morgan fingerprint density at radius 3 is 0.615 bits per heavy atom. The zero-order valence-electron chi connectivity index (χ0n) is 76.9. The summed E-state index contributed by atoms with van der Waals surface area (Å²) >= 11 is 3.46. The largest absolute Gasteiger partial charge is 0.488 e. The topological polar surface area (TPSA) is 40.5 Å².